The van der Waals surface area contributed by atoms with Crippen molar-refractivity contribution in [3.05, 3.63) is 86.6 Å². The molecule has 1 unspecified atom stereocenters. The molecule has 0 radical (unpaired) electrons. The first-order valence-corrected chi connectivity index (χ1v) is 8.74. The van der Waals surface area contributed by atoms with E-state index in [1.54, 1.807) is 24.3 Å². The quantitative estimate of drug-likeness (QED) is 0.275. The van der Waals surface area contributed by atoms with Gasteiger partial charge in [0.15, 0.2) is 11.5 Å². The van der Waals surface area contributed by atoms with Crippen molar-refractivity contribution in [1.29, 1.82) is 0 Å². The van der Waals surface area contributed by atoms with E-state index >= 15 is 0 Å². The normalized spacial score (nSPS) is 11.9. The number of esters is 1. The van der Waals surface area contributed by atoms with Crippen LogP contribution in [0.2, 0.25) is 0 Å². The molecule has 2 aromatic heterocycles. The molecule has 0 N–H and O–H groups in total. The number of fused-ring (bicyclic) bond motifs is 1. The number of non-ortho nitro benzene ring substituents is 1. The van der Waals surface area contributed by atoms with E-state index in [4.69, 9.17) is 13.6 Å². The first-order chi connectivity index (χ1) is 14.4. The Morgan fingerprint density at radius 1 is 1.10 bits per heavy atom. The largest absolute Gasteiger partial charge is 0.449 e. The fourth-order valence-corrected chi connectivity index (χ4v) is 2.71. The fourth-order valence-electron chi connectivity index (χ4n) is 2.71. The summed E-state index contributed by atoms with van der Waals surface area (Å²) < 4.78 is 16.2. The number of carbonyl (C=O) groups is 1. The van der Waals surface area contributed by atoms with Gasteiger partial charge in [-0.25, -0.2) is 4.79 Å². The molecule has 1 atom stereocenters. The predicted molar refractivity (Wildman–Crippen MR) is 103 cm³/mol. The van der Waals surface area contributed by atoms with Gasteiger partial charge >= 0.3 is 5.97 Å². The van der Waals surface area contributed by atoms with Crippen molar-refractivity contribution >= 4 is 22.6 Å². The molecule has 0 aliphatic heterocycles. The molecule has 2 heterocycles. The van der Waals surface area contributed by atoms with Crippen LogP contribution in [-0.4, -0.2) is 21.1 Å². The third-order valence-electron chi connectivity index (χ3n) is 4.23. The summed E-state index contributed by atoms with van der Waals surface area (Å²) in [5.74, 6) is -0.985. The average Bonchev–Trinajstić information content (AvgIpc) is 3.24. The molecule has 0 spiro atoms. The Morgan fingerprint density at radius 2 is 1.83 bits per heavy atom. The van der Waals surface area contributed by atoms with Crippen LogP contribution in [0.1, 0.15) is 29.5 Å². The number of nitro benzene ring substituents is 1. The molecule has 0 bridgehead atoms. The second-order valence-corrected chi connectivity index (χ2v) is 6.27. The zero-order chi connectivity index (χ0) is 21.3. The molecule has 0 aliphatic rings. The Morgan fingerprint density at radius 3 is 2.57 bits per heavy atom. The lowest BCUT2D eigenvalue weighted by Crippen LogP contribution is -2.12. The van der Waals surface area contributed by atoms with E-state index in [2.05, 4.69) is 10.2 Å². The molecular weight excluding hydrogens is 394 g/mol. The number of nitro groups is 1. The number of ether oxygens (including phenoxy) is 1. The number of para-hydroxylation sites is 1. The van der Waals surface area contributed by atoms with Crippen LogP contribution in [0.25, 0.3) is 22.4 Å². The maximum Gasteiger partial charge on any atom is 0.375 e. The predicted octanol–water partition coefficient (Wildman–Crippen LogP) is 3.67. The number of benzene rings is 2. The van der Waals surface area contributed by atoms with Gasteiger partial charge in [0.25, 0.3) is 11.6 Å². The van der Waals surface area contributed by atoms with E-state index in [0.29, 0.717) is 10.9 Å². The molecule has 0 saturated heterocycles. The lowest BCUT2D eigenvalue weighted by molar-refractivity contribution is -0.384. The van der Waals surface area contributed by atoms with Gasteiger partial charge in [-0.15, -0.1) is 10.2 Å². The first-order valence-electron chi connectivity index (χ1n) is 8.74. The topological polar surface area (TPSA) is 139 Å². The van der Waals surface area contributed by atoms with Gasteiger partial charge in [-0.1, -0.05) is 12.1 Å². The van der Waals surface area contributed by atoms with Gasteiger partial charge in [0.1, 0.15) is 5.58 Å². The molecule has 4 aromatic rings. The first kappa shape index (κ1) is 19.0. The molecule has 4 rings (SSSR count). The van der Waals surface area contributed by atoms with E-state index in [0.717, 1.165) is 6.07 Å². The van der Waals surface area contributed by atoms with Crippen molar-refractivity contribution in [2.45, 2.75) is 13.0 Å². The SMILES string of the molecule is CC(OC(=O)c1cc(=O)c2ccccc2o1)c1nnc(-c2ccc([N+](=O)[O-])cc2)o1. The minimum absolute atomic E-state index is 0.0137. The van der Waals surface area contributed by atoms with Crippen molar-refractivity contribution in [3.8, 4) is 11.5 Å². The van der Waals surface area contributed by atoms with E-state index in [1.165, 1.54) is 31.2 Å². The van der Waals surface area contributed by atoms with Crippen LogP contribution in [-0.2, 0) is 4.74 Å². The number of nitrogens with zero attached hydrogens (tertiary/aromatic N) is 3. The summed E-state index contributed by atoms with van der Waals surface area (Å²) in [4.78, 5) is 34.7. The zero-order valence-electron chi connectivity index (χ0n) is 15.5. The van der Waals surface area contributed by atoms with Crippen LogP contribution in [0.15, 0.2) is 68.2 Å². The zero-order valence-corrected chi connectivity index (χ0v) is 15.5. The number of rotatable bonds is 5. The number of hydrogen-bond acceptors (Lipinski definition) is 9. The third kappa shape index (κ3) is 3.65. The van der Waals surface area contributed by atoms with Crippen molar-refractivity contribution in [1.82, 2.24) is 10.2 Å². The Balaban J connectivity index is 1.52. The van der Waals surface area contributed by atoms with E-state index in [1.807, 2.05) is 0 Å². The lowest BCUT2D eigenvalue weighted by atomic mass is 10.2. The highest BCUT2D eigenvalue weighted by Crippen LogP contribution is 2.25. The highest BCUT2D eigenvalue weighted by molar-refractivity contribution is 5.89. The summed E-state index contributed by atoms with van der Waals surface area (Å²) in [7, 11) is 0. The summed E-state index contributed by atoms with van der Waals surface area (Å²) in [6.07, 6.45) is -0.923. The Kier molecular flexibility index (Phi) is 4.80. The van der Waals surface area contributed by atoms with Crippen molar-refractivity contribution in [2.24, 2.45) is 0 Å². The molecular formula is C20H13N3O7. The minimum atomic E-state index is -0.923. The molecule has 0 fully saturated rings. The molecule has 2 aromatic carbocycles. The van der Waals surface area contributed by atoms with Crippen molar-refractivity contribution in [2.75, 3.05) is 0 Å². The van der Waals surface area contributed by atoms with Gasteiger partial charge in [-0.3, -0.25) is 14.9 Å². The van der Waals surface area contributed by atoms with Crippen LogP contribution in [0, 0.1) is 10.1 Å². The van der Waals surface area contributed by atoms with Gasteiger partial charge in [0.05, 0.1) is 10.3 Å². The van der Waals surface area contributed by atoms with Gasteiger partial charge in [0, 0.05) is 23.8 Å². The second-order valence-electron chi connectivity index (χ2n) is 6.27. The highest BCUT2D eigenvalue weighted by Gasteiger charge is 2.22. The van der Waals surface area contributed by atoms with Crippen LogP contribution < -0.4 is 5.43 Å². The molecule has 0 saturated carbocycles. The van der Waals surface area contributed by atoms with Crippen LogP contribution in [0.3, 0.4) is 0 Å². The summed E-state index contributed by atoms with van der Waals surface area (Å²) in [5.41, 5.74) is 0.300. The summed E-state index contributed by atoms with van der Waals surface area (Å²) in [5, 5.41) is 18.8. The standard InChI is InChI=1S/C20H13N3O7/c1-11(18-21-22-19(30-18)12-6-8-13(9-7-12)23(26)27)28-20(25)17-10-15(24)14-4-2-3-5-16(14)29-17/h2-11H,1H3. The van der Waals surface area contributed by atoms with Gasteiger partial charge < -0.3 is 13.6 Å². The summed E-state index contributed by atoms with van der Waals surface area (Å²) in [6.45, 7) is 1.52. The van der Waals surface area contributed by atoms with Gasteiger partial charge in [-0.05, 0) is 31.2 Å². The maximum atomic E-state index is 12.4. The van der Waals surface area contributed by atoms with E-state index in [-0.39, 0.29) is 34.2 Å². The number of carbonyl (C=O) groups excluding carboxylic acids is 1. The number of hydrogen-bond donors (Lipinski definition) is 0. The molecule has 10 nitrogen and oxygen atoms in total. The molecule has 0 aliphatic carbocycles. The monoisotopic (exact) mass is 407 g/mol. The summed E-state index contributed by atoms with van der Waals surface area (Å²) in [6, 6.07) is 13.2. The molecule has 150 valence electrons. The third-order valence-corrected chi connectivity index (χ3v) is 4.23. The fraction of sp³-hybridized carbons (Fsp3) is 0.100. The smallest absolute Gasteiger partial charge is 0.375 e. The summed E-state index contributed by atoms with van der Waals surface area (Å²) >= 11 is 0. The lowest BCUT2D eigenvalue weighted by Gasteiger charge is -2.09. The Labute approximate surface area is 167 Å². The average molecular weight is 407 g/mol. The van der Waals surface area contributed by atoms with E-state index < -0.39 is 17.0 Å². The van der Waals surface area contributed by atoms with E-state index in [9.17, 15) is 19.7 Å². The van der Waals surface area contributed by atoms with Gasteiger partial charge in [-0.2, -0.15) is 0 Å². The van der Waals surface area contributed by atoms with Crippen LogP contribution in [0.4, 0.5) is 5.69 Å². The van der Waals surface area contributed by atoms with Crippen molar-refractivity contribution < 1.29 is 23.3 Å². The number of aromatic nitrogens is 2. The molecule has 0 amide bonds. The van der Waals surface area contributed by atoms with Gasteiger partial charge in [0.2, 0.25) is 11.7 Å². The van der Waals surface area contributed by atoms with Crippen LogP contribution >= 0.6 is 0 Å². The minimum Gasteiger partial charge on any atom is -0.449 e. The molecule has 10 heteroatoms. The Hall–Kier alpha value is -4.34. The van der Waals surface area contributed by atoms with Crippen LogP contribution in [0.5, 0.6) is 0 Å². The van der Waals surface area contributed by atoms with Crippen molar-refractivity contribution in [3.63, 3.8) is 0 Å². The highest BCUT2D eigenvalue weighted by atomic mass is 16.6. The maximum absolute atomic E-state index is 12.4. The Bertz CT molecular complexity index is 1310. The molecule has 30 heavy (non-hydrogen) atoms. The second kappa shape index (κ2) is 7.59.